The second kappa shape index (κ2) is 6.40. The summed E-state index contributed by atoms with van der Waals surface area (Å²) >= 11 is 0. The zero-order valence-corrected chi connectivity index (χ0v) is 12.2. The largest absolute Gasteiger partial charge is 0.399 e. The van der Waals surface area contributed by atoms with Crippen LogP contribution in [0.25, 0.3) is 6.08 Å². The van der Waals surface area contributed by atoms with Gasteiger partial charge in [-0.25, -0.2) is 0 Å². The maximum Gasteiger partial charge on any atom is 0.332 e. The lowest BCUT2D eigenvalue weighted by Crippen LogP contribution is -2.07. The number of halogens is 1. The molecule has 2 aromatic carbocycles. The van der Waals surface area contributed by atoms with Crippen LogP contribution in [0.3, 0.4) is 0 Å². The van der Waals surface area contributed by atoms with E-state index >= 15 is 0 Å². The predicted octanol–water partition coefficient (Wildman–Crippen LogP) is 2.58. The molecule has 5 nitrogen and oxygen atoms in total. The Morgan fingerprint density at radius 3 is 2.18 bits per heavy atom. The summed E-state index contributed by atoms with van der Waals surface area (Å²) in [5.41, 5.74) is 7.35. The Kier molecular flexibility index (Phi) is 4.57. The fourth-order valence-electron chi connectivity index (χ4n) is 1.66. The summed E-state index contributed by atoms with van der Waals surface area (Å²) in [6.07, 6.45) is 2.93. The van der Waals surface area contributed by atoms with Crippen LogP contribution in [0.4, 0.5) is 15.3 Å². The quantitative estimate of drug-likeness (QED) is 0.515. The van der Waals surface area contributed by atoms with Gasteiger partial charge in [-0.15, -0.1) is 3.89 Å². The SMILES string of the molecule is Nc1ccc(/C=C\C(=O)Nc2ccc(S(=O)(=O)F)cc2)cc1. The van der Waals surface area contributed by atoms with Gasteiger partial charge < -0.3 is 11.1 Å². The van der Waals surface area contributed by atoms with Crippen LogP contribution in [-0.4, -0.2) is 14.3 Å². The van der Waals surface area contributed by atoms with Crippen molar-refractivity contribution in [1.29, 1.82) is 0 Å². The molecule has 2 aromatic rings. The van der Waals surface area contributed by atoms with Gasteiger partial charge in [-0.1, -0.05) is 12.1 Å². The van der Waals surface area contributed by atoms with Gasteiger partial charge in [-0.05, 0) is 48.0 Å². The van der Waals surface area contributed by atoms with Crippen molar-refractivity contribution in [1.82, 2.24) is 0 Å². The summed E-state index contributed by atoms with van der Waals surface area (Å²) in [5, 5.41) is 2.53. The number of nitrogen functional groups attached to an aromatic ring is 1. The summed E-state index contributed by atoms with van der Waals surface area (Å²) in [6.45, 7) is 0. The van der Waals surface area contributed by atoms with Crippen molar-refractivity contribution in [2.45, 2.75) is 4.90 Å². The summed E-state index contributed by atoms with van der Waals surface area (Å²) < 4.78 is 34.1. The summed E-state index contributed by atoms with van der Waals surface area (Å²) in [7, 11) is -4.73. The maximum absolute atomic E-state index is 12.7. The molecular weight excluding hydrogens is 307 g/mol. The van der Waals surface area contributed by atoms with Gasteiger partial charge in [0.1, 0.15) is 0 Å². The van der Waals surface area contributed by atoms with Crippen LogP contribution in [0.2, 0.25) is 0 Å². The van der Waals surface area contributed by atoms with Crippen LogP contribution < -0.4 is 11.1 Å². The number of anilines is 2. The molecule has 0 radical (unpaired) electrons. The van der Waals surface area contributed by atoms with Crippen LogP contribution in [0.1, 0.15) is 5.56 Å². The maximum atomic E-state index is 12.7. The van der Waals surface area contributed by atoms with Crippen LogP contribution in [0.15, 0.2) is 59.5 Å². The first kappa shape index (κ1) is 15.7. The Hall–Kier alpha value is -2.67. The zero-order valence-electron chi connectivity index (χ0n) is 11.4. The second-order valence-electron chi connectivity index (χ2n) is 4.45. The first-order chi connectivity index (χ1) is 10.3. The number of hydrogen-bond acceptors (Lipinski definition) is 4. The molecule has 0 aliphatic rings. The van der Waals surface area contributed by atoms with Crippen LogP contribution in [-0.2, 0) is 15.0 Å². The Morgan fingerprint density at radius 1 is 1.05 bits per heavy atom. The Labute approximate surface area is 127 Å². The summed E-state index contributed by atoms with van der Waals surface area (Å²) in [4.78, 5) is 11.3. The van der Waals surface area contributed by atoms with Gasteiger partial charge >= 0.3 is 10.2 Å². The molecule has 1 amide bonds. The standard InChI is InChI=1S/C15H13FN2O3S/c16-22(20,21)14-8-6-13(7-9-14)18-15(19)10-3-11-1-4-12(17)5-2-11/h1-10H,17H2,(H,18,19)/b10-3-. The molecule has 0 aliphatic carbocycles. The van der Waals surface area contributed by atoms with E-state index in [9.17, 15) is 17.1 Å². The van der Waals surface area contributed by atoms with Crippen molar-refractivity contribution in [2.24, 2.45) is 0 Å². The third kappa shape index (κ3) is 4.42. The highest BCUT2D eigenvalue weighted by atomic mass is 32.3. The molecule has 22 heavy (non-hydrogen) atoms. The molecule has 0 aliphatic heterocycles. The van der Waals surface area contributed by atoms with Gasteiger partial charge in [0.25, 0.3) is 0 Å². The van der Waals surface area contributed by atoms with Crippen molar-refractivity contribution in [3.05, 3.63) is 60.2 Å². The third-order valence-corrected chi connectivity index (χ3v) is 3.60. The molecule has 3 N–H and O–H groups in total. The van der Waals surface area contributed by atoms with Crippen molar-refractivity contribution in [2.75, 3.05) is 11.1 Å². The minimum Gasteiger partial charge on any atom is -0.399 e. The van der Waals surface area contributed by atoms with E-state index in [4.69, 9.17) is 5.73 Å². The molecule has 0 unspecified atom stereocenters. The van der Waals surface area contributed by atoms with Gasteiger partial charge in [-0.2, -0.15) is 8.42 Å². The normalized spacial score (nSPS) is 11.5. The van der Waals surface area contributed by atoms with E-state index in [0.29, 0.717) is 11.4 Å². The smallest absolute Gasteiger partial charge is 0.332 e. The van der Waals surface area contributed by atoms with Crippen LogP contribution in [0, 0.1) is 0 Å². The lowest BCUT2D eigenvalue weighted by atomic mass is 10.2. The number of amides is 1. The first-order valence-electron chi connectivity index (χ1n) is 6.24. The lowest BCUT2D eigenvalue weighted by molar-refractivity contribution is -0.111. The lowest BCUT2D eigenvalue weighted by Gasteiger charge is -2.02. The predicted molar refractivity (Wildman–Crippen MR) is 83.3 cm³/mol. The van der Waals surface area contributed by atoms with E-state index in [-0.39, 0.29) is 0 Å². The number of rotatable bonds is 4. The van der Waals surface area contributed by atoms with E-state index < -0.39 is 21.0 Å². The summed E-state index contributed by atoms with van der Waals surface area (Å²) in [6, 6.07) is 11.7. The van der Waals surface area contributed by atoms with E-state index in [1.807, 2.05) is 0 Å². The molecule has 2 rings (SSSR count). The Balaban J connectivity index is 2.01. The van der Waals surface area contributed by atoms with Crippen molar-refractivity contribution in [3.63, 3.8) is 0 Å². The Bertz CT molecular complexity index is 798. The van der Waals surface area contributed by atoms with Gasteiger partial charge in [0.05, 0.1) is 4.90 Å². The number of carbonyl (C=O) groups excluding carboxylic acids is 1. The molecular formula is C15H13FN2O3S. The van der Waals surface area contributed by atoms with Crippen LogP contribution >= 0.6 is 0 Å². The minimum absolute atomic E-state index is 0.361. The molecule has 0 fully saturated rings. The fraction of sp³-hybridized carbons (Fsp3) is 0. The molecule has 0 aromatic heterocycles. The molecule has 0 saturated carbocycles. The average Bonchev–Trinajstić information content (AvgIpc) is 2.46. The van der Waals surface area contributed by atoms with Crippen LogP contribution in [0.5, 0.6) is 0 Å². The highest BCUT2D eigenvalue weighted by Crippen LogP contribution is 2.16. The Morgan fingerprint density at radius 2 is 1.64 bits per heavy atom. The summed E-state index contributed by atoms with van der Waals surface area (Å²) in [5.74, 6) is -0.396. The molecule has 0 atom stereocenters. The van der Waals surface area contributed by atoms with E-state index in [2.05, 4.69) is 5.32 Å². The molecule has 0 saturated heterocycles. The molecule has 7 heteroatoms. The van der Waals surface area contributed by atoms with E-state index in [1.165, 1.54) is 18.2 Å². The molecule has 0 heterocycles. The minimum atomic E-state index is -4.73. The molecule has 0 bridgehead atoms. The highest BCUT2D eigenvalue weighted by molar-refractivity contribution is 7.86. The second-order valence-corrected chi connectivity index (χ2v) is 5.80. The molecule has 114 valence electrons. The van der Waals surface area contributed by atoms with E-state index in [0.717, 1.165) is 17.7 Å². The van der Waals surface area contributed by atoms with Gasteiger partial charge in [0.2, 0.25) is 5.91 Å². The number of carbonyl (C=O) groups is 1. The first-order valence-corrected chi connectivity index (χ1v) is 7.62. The highest BCUT2D eigenvalue weighted by Gasteiger charge is 2.11. The third-order valence-electron chi connectivity index (χ3n) is 2.77. The van der Waals surface area contributed by atoms with Gasteiger partial charge in [0, 0.05) is 17.5 Å². The van der Waals surface area contributed by atoms with E-state index in [1.54, 1.807) is 30.3 Å². The molecule has 0 spiro atoms. The van der Waals surface area contributed by atoms with Gasteiger partial charge in [0.15, 0.2) is 0 Å². The zero-order chi connectivity index (χ0) is 16.2. The van der Waals surface area contributed by atoms with Crippen molar-refractivity contribution in [3.8, 4) is 0 Å². The average molecular weight is 320 g/mol. The number of hydrogen-bond donors (Lipinski definition) is 2. The topological polar surface area (TPSA) is 89.3 Å². The number of nitrogens with one attached hydrogen (secondary N) is 1. The fourth-order valence-corrected chi connectivity index (χ4v) is 2.12. The van der Waals surface area contributed by atoms with Gasteiger partial charge in [-0.3, -0.25) is 4.79 Å². The van der Waals surface area contributed by atoms with Crippen molar-refractivity contribution < 1.29 is 17.1 Å². The van der Waals surface area contributed by atoms with Crippen molar-refractivity contribution >= 4 is 33.6 Å². The number of benzene rings is 2. The monoisotopic (exact) mass is 320 g/mol. The number of nitrogens with two attached hydrogens (primary N) is 1.